The third-order valence-corrected chi connectivity index (χ3v) is 10.5. The summed E-state index contributed by atoms with van der Waals surface area (Å²) in [6.45, 7) is 0. The summed E-state index contributed by atoms with van der Waals surface area (Å²) in [5.41, 5.74) is 11.8. The molecule has 0 aliphatic rings. The van der Waals surface area contributed by atoms with Gasteiger partial charge >= 0.3 is 0 Å². The molecule has 0 spiro atoms. The van der Waals surface area contributed by atoms with E-state index in [9.17, 15) is 0 Å². The molecule has 2 heteroatoms. The normalized spacial score (nSPS) is 11.3. The lowest BCUT2D eigenvalue weighted by molar-refractivity contribution is 1.18. The first kappa shape index (κ1) is 31.6. The minimum Gasteiger partial charge on any atom is -0.228 e. The van der Waals surface area contributed by atoms with Crippen molar-refractivity contribution in [2.24, 2.45) is 0 Å². The Labute approximate surface area is 314 Å². The van der Waals surface area contributed by atoms with Gasteiger partial charge in [0.2, 0.25) is 0 Å². The summed E-state index contributed by atoms with van der Waals surface area (Å²) in [5, 5.41) is 7.45. The molecule has 9 aromatic carbocycles. The van der Waals surface area contributed by atoms with E-state index in [2.05, 4.69) is 194 Å². The van der Waals surface area contributed by atoms with Crippen LogP contribution in [0.4, 0.5) is 0 Å². The van der Waals surface area contributed by atoms with Gasteiger partial charge in [-0.15, -0.1) is 0 Å². The standard InChI is InChI=1S/C52H34N2/c1-4-14-35(15-5-1)37-24-26-40(27-25-37)51-34-50(39-19-8-3-9-20-39)53-52(54-51)43-31-41(36-16-6-2-7-17-36)30-42(32-43)48-33-49-44-21-11-10-18-38(44)28-29-47(49)45-22-12-13-23-46(45)48/h1-34H. The van der Waals surface area contributed by atoms with Gasteiger partial charge in [0.1, 0.15) is 0 Å². The van der Waals surface area contributed by atoms with Gasteiger partial charge < -0.3 is 0 Å². The first-order valence-electron chi connectivity index (χ1n) is 18.4. The molecular weight excluding hydrogens is 653 g/mol. The Bertz CT molecular complexity index is 2950. The molecule has 0 saturated carbocycles. The van der Waals surface area contributed by atoms with Gasteiger partial charge in [-0.2, -0.15) is 0 Å². The maximum atomic E-state index is 5.31. The fourth-order valence-corrected chi connectivity index (χ4v) is 7.75. The van der Waals surface area contributed by atoms with Crippen LogP contribution in [0.15, 0.2) is 206 Å². The van der Waals surface area contributed by atoms with E-state index >= 15 is 0 Å². The number of aromatic nitrogens is 2. The van der Waals surface area contributed by atoms with Crippen molar-refractivity contribution < 1.29 is 0 Å². The second kappa shape index (κ2) is 13.4. The molecule has 1 aromatic heterocycles. The molecule has 10 aromatic rings. The fourth-order valence-electron chi connectivity index (χ4n) is 7.75. The van der Waals surface area contributed by atoms with Crippen LogP contribution in [-0.2, 0) is 0 Å². The minimum atomic E-state index is 0.688. The van der Waals surface area contributed by atoms with Gasteiger partial charge in [-0.05, 0) is 96.0 Å². The molecule has 54 heavy (non-hydrogen) atoms. The van der Waals surface area contributed by atoms with Crippen molar-refractivity contribution in [1.29, 1.82) is 0 Å². The SMILES string of the molecule is c1ccc(-c2ccc(-c3cc(-c4ccccc4)nc(-c4cc(-c5ccccc5)cc(-c5cc6c7ccccc7ccc6c6ccccc56)c4)n3)cc2)cc1. The highest BCUT2D eigenvalue weighted by Crippen LogP contribution is 2.41. The highest BCUT2D eigenvalue weighted by atomic mass is 14.9. The van der Waals surface area contributed by atoms with Crippen molar-refractivity contribution in [1.82, 2.24) is 9.97 Å². The van der Waals surface area contributed by atoms with E-state index in [0.717, 1.165) is 44.8 Å². The number of hydrogen-bond donors (Lipinski definition) is 0. The van der Waals surface area contributed by atoms with Crippen LogP contribution < -0.4 is 0 Å². The fraction of sp³-hybridized carbons (Fsp3) is 0. The second-order valence-corrected chi connectivity index (χ2v) is 13.8. The zero-order chi connectivity index (χ0) is 35.8. The molecular formula is C52H34N2. The predicted molar refractivity (Wildman–Crippen MR) is 227 cm³/mol. The third kappa shape index (κ3) is 5.81. The largest absolute Gasteiger partial charge is 0.228 e. The van der Waals surface area contributed by atoms with Crippen molar-refractivity contribution in [3.05, 3.63) is 206 Å². The average Bonchev–Trinajstić information content (AvgIpc) is 3.26. The van der Waals surface area contributed by atoms with E-state index < -0.39 is 0 Å². The molecule has 252 valence electrons. The Morgan fingerprint density at radius 2 is 0.704 bits per heavy atom. The molecule has 0 amide bonds. The molecule has 0 aliphatic heterocycles. The molecule has 0 N–H and O–H groups in total. The van der Waals surface area contributed by atoms with E-state index in [0.29, 0.717) is 5.82 Å². The van der Waals surface area contributed by atoms with Crippen molar-refractivity contribution >= 4 is 32.3 Å². The van der Waals surface area contributed by atoms with Gasteiger partial charge in [0.05, 0.1) is 11.4 Å². The lowest BCUT2D eigenvalue weighted by Gasteiger charge is -2.16. The van der Waals surface area contributed by atoms with Crippen LogP contribution in [0.5, 0.6) is 0 Å². The Morgan fingerprint density at radius 1 is 0.241 bits per heavy atom. The van der Waals surface area contributed by atoms with Crippen LogP contribution >= 0.6 is 0 Å². The first-order chi connectivity index (χ1) is 26.7. The summed E-state index contributed by atoms with van der Waals surface area (Å²) >= 11 is 0. The quantitative estimate of drug-likeness (QED) is 0.163. The van der Waals surface area contributed by atoms with Crippen LogP contribution in [0.25, 0.3) is 99.6 Å². The summed E-state index contributed by atoms with van der Waals surface area (Å²) in [6, 6.07) is 73.5. The van der Waals surface area contributed by atoms with E-state index in [-0.39, 0.29) is 0 Å². The first-order valence-corrected chi connectivity index (χ1v) is 18.4. The molecule has 0 saturated heterocycles. The highest BCUT2D eigenvalue weighted by molar-refractivity contribution is 6.21. The predicted octanol–water partition coefficient (Wildman–Crippen LogP) is 13.9. The van der Waals surface area contributed by atoms with Gasteiger partial charge in [0.15, 0.2) is 5.82 Å². The smallest absolute Gasteiger partial charge is 0.160 e. The number of nitrogens with zero attached hydrogens (tertiary/aromatic N) is 2. The van der Waals surface area contributed by atoms with Crippen molar-refractivity contribution in [3.63, 3.8) is 0 Å². The third-order valence-electron chi connectivity index (χ3n) is 10.5. The van der Waals surface area contributed by atoms with E-state index in [1.807, 2.05) is 12.1 Å². The van der Waals surface area contributed by atoms with Crippen molar-refractivity contribution in [3.8, 4) is 67.3 Å². The van der Waals surface area contributed by atoms with Crippen LogP contribution in [-0.4, -0.2) is 9.97 Å². The maximum absolute atomic E-state index is 5.31. The summed E-state index contributed by atoms with van der Waals surface area (Å²) in [6.07, 6.45) is 0. The van der Waals surface area contributed by atoms with Crippen molar-refractivity contribution in [2.75, 3.05) is 0 Å². The Balaban J connectivity index is 1.21. The molecule has 1 heterocycles. The zero-order valence-electron chi connectivity index (χ0n) is 29.5. The molecule has 10 rings (SSSR count). The monoisotopic (exact) mass is 686 g/mol. The second-order valence-electron chi connectivity index (χ2n) is 13.8. The van der Waals surface area contributed by atoms with Crippen LogP contribution in [0.3, 0.4) is 0 Å². The molecule has 0 radical (unpaired) electrons. The van der Waals surface area contributed by atoms with Crippen LogP contribution in [0.1, 0.15) is 0 Å². The number of fused-ring (bicyclic) bond motifs is 5. The molecule has 2 nitrogen and oxygen atoms in total. The topological polar surface area (TPSA) is 25.8 Å². The summed E-state index contributed by atoms with van der Waals surface area (Å²) < 4.78 is 0. The summed E-state index contributed by atoms with van der Waals surface area (Å²) in [4.78, 5) is 10.6. The average molecular weight is 687 g/mol. The van der Waals surface area contributed by atoms with Gasteiger partial charge in [0, 0.05) is 16.7 Å². The van der Waals surface area contributed by atoms with E-state index in [4.69, 9.17) is 9.97 Å². The van der Waals surface area contributed by atoms with Gasteiger partial charge in [-0.1, -0.05) is 176 Å². The Kier molecular flexibility index (Phi) is 7.85. The number of hydrogen-bond acceptors (Lipinski definition) is 2. The number of benzene rings is 9. The summed E-state index contributed by atoms with van der Waals surface area (Å²) in [7, 11) is 0. The molecule has 0 fully saturated rings. The van der Waals surface area contributed by atoms with Gasteiger partial charge in [-0.25, -0.2) is 9.97 Å². The van der Waals surface area contributed by atoms with Gasteiger partial charge in [-0.3, -0.25) is 0 Å². The minimum absolute atomic E-state index is 0.688. The van der Waals surface area contributed by atoms with E-state index in [1.165, 1.54) is 49.0 Å². The highest BCUT2D eigenvalue weighted by Gasteiger charge is 2.16. The molecule has 0 atom stereocenters. The Hall–Kier alpha value is -7.16. The number of rotatable bonds is 6. The molecule has 0 bridgehead atoms. The van der Waals surface area contributed by atoms with E-state index in [1.54, 1.807) is 0 Å². The lowest BCUT2D eigenvalue weighted by Crippen LogP contribution is -1.97. The molecule has 0 aliphatic carbocycles. The lowest BCUT2D eigenvalue weighted by atomic mass is 9.89. The van der Waals surface area contributed by atoms with Crippen molar-refractivity contribution in [2.45, 2.75) is 0 Å². The summed E-state index contributed by atoms with van der Waals surface area (Å²) in [5.74, 6) is 0.688. The van der Waals surface area contributed by atoms with Gasteiger partial charge in [0.25, 0.3) is 0 Å². The zero-order valence-corrected chi connectivity index (χ0v) is 29.5. The van der Waals surface area contributed by atoms with Crippen LogP contribution in [0.2, 0.25) is 0 Å². The maximum Gasteiger partial charge on any atom is 0.160 e. The van der Waals surface area contributed by atoms with Crippen LogP contribution in [0, 0.1) is 0 Å². The molecule has 0 unspecified atom stereocenters. The Morgan fingerprint density at radius 3 is 1.39 bits per heavy atom.